The molecule has 1 amide bonds. The molecular weight excluding hydrogens is 530 g/mol. The Labute approximate surface area is 233 Å². The van der Waals surface area contributed by atoms with Gasteiger partial charge in [0.05, 0.1) is 20.8 Å². The maximum absolute atomic E-state index is 13.2. The number of nitrogens with one attached hydrogen (secondary N) is 1. The number of anilines is 1. The predicted octanol–water partition coefficient (Wildman–Crippen LogP) is 5.87. The predicted molar refractivity (Wildman–Crippen MR) is 154 cm³/mol. The molecular formula is C29H33N5O3S2. The third-order valence-electron chi connectivity index (χ3n) is 7.98. The van der Waals surface area contributed by atoms with Crippen LogP contribution >= 0.6 is 11.3 Å². The number of aryl methyl sites for hydroxylation is 3. The van der Waals surface area contributed by atoms with Crippen LogP contribution in [-0.2, 0) is 22.9 Å². The molecule has 0 atom stereocenters. The summed E-state index contributed by atoms with van der Waals surface area (Å²) in [6, 6.07) is 12.4. The summed E-state index contributed by atoms with van der Waals surface area (Å²) in [6.45, 7) is 1.88. The molecule has 2 aliphatic rings. The molecule has 0 bridgehead atoms. The molecule has 1 fully saturated rings. The summed E-state index contributed by atoms with van der Waals surface area (Å²) < 4.78 is 30.6. The van der Waals surface area contributed by atoms with Crippen LogP contribution in [0.4, 0.5) is 5.82 Å². The van der Waals surface area contributed by atoms with E-state index in [0.717, 1.165) is 60.9 Å². The fourth-order valence-electron chi connectivity index (χ4n) is 5.74. The summed E-state index contributed by atoms with van der Waals surface area (Å²) in [4.78, 5) is 18.2. The number of hydrogen-bond donors (Lipinski definition) is 1. The molecule has 0 spiro atoms. The number of thiazole rings is 1. The van der Waals surface area contributed by atoms with Crippen LogP contribution in [0.2, 0.25) is 0 Å². The van der Waals surface area contributed by atoms with Crippen molar-refractivity contribution in [1.29, 1.82) is 0 Å². The molecule has 10 heteroatoms. The molecule has 2 aliphatic carbocycles. The molecule has 39 heavy (non-hydrogen) atoms. The van der Waals surface area contributed by atoms with Crippen molar-refractivity contribution in [3.8, 4) is 5.13 Å². The fraction of sp³-hybridized carbons (Fsp3) is 0.414. The Balaban J connectivity index is 1.22. The number of sulfonamides is 1. The van der Waals surface area contributed by atoms with Gasteiger partial charge in [-0.25, -0.2) is 13.4 Å². The van der Waals surface area contributed by atoms with Gasteiger partial charge in [-0.3, -0.25) is 4.79 Å². The number of rotatable bonds is 6. The summed E-state index contributed by atoms with van der Waals surface area (Å²) in [5.41, 5.74) is 4.87. The van der Waals surface area contributed by atoms with Gasteiger partial charge in [-0.2, -0.15) is 14.1 Å². The molecule has 2 heterocycles. The number of fused-ring (bicyclic) bond motifs is 2. The first-order valence-electron chi connectivity index (χ1n) is 13.7. The van der Waals surface area contributed by atoms with Crippen molar-refractivity contribution in [1.82, 2.24) is 19.1 Å². The van der Waals surface area contributed by atoms with Gasteiger partial charge in [0.25, 0.3) is 5.91 Å². The zero-order valence-electron chi connectivity index (χ0n) is 22.3. The van der Waals surface area contributed by atoms with E-state index in [-0.39, 0.29) is 16.8 Å². The van der Waals surface area contributed by atoms with Gasteiger partial charge in [0, 0.05) is 24.7 Å². The zero-order chi connectivity index (χ0) is 27.1. The third kappa shape index (κ3) is 5.13. The minimum atomic E-state index is -3.62. The number of carbonyl (C=O) groups excluding carboxylic acids is 1. The number of nitrogens with zero attached hydrogens (tertiary/aromatic N) is 4. The Morgan fingerprint density at radius 1 is 1.00 bits per heavy atom. The molecule has 0 radical (unpaired) electrons. The van der Waals surface area contributed by atoms with E-state index in [9.17, 15) is 13.2 Å². The molecule has 2 aromatic heterocycles. The van der Waals surface area contributed by atoms with E-state index >= 15 is 0 Å². The largest absolute Gasteiger partial charge is 0.306 e. The number of benzene rings is 2. The maximum Gasteiger partial charge on any atom is 0.256 e. The van der Waals surface area contributed by atoms with E-state index in [1.54, 1.807) is 35.2 Å². The highest BCUT2D eigenvalue weighted by Gasteiger charge is 2.29. The van der Waals surface area contributed by atoms with Gasteiger partial charge in [0.2, 0.25) is 15.2 Å². The van der Waals surface area contributed by atoms with E-state index < -0.39 is 10.0 Å². The number of hydrogen-bond acceptors (Lipinski definition) is 6. The zero-order valence-corrected chi connectivity index (χ0v) is 23.9. The van der Waals surface area contributed by atoms with E-state index in [2.05, 4.69) is 22.5 Å². The number of aromatic nitrogens is 3. The first-order valence-corrected chi connectivity index (χ1v) is 15.9. The fourth-order valence-corrected chi connectivity index (χ4v) is 8.13. The highest BCUT2D eigenvalue weighted by Crippen LogP contribution is 2.32. The third-order valence-corrected chi connectivity index (χ3v) is 10.9. The van der Waals surface area contributed by atoms with Crippen molar-refractivity contribution in [2.45, 2.75) is 75.6 Å². The van der Waals surface area contributed by atoms with E-state index in [1.807, 2.05) is 13.0 Å². The Kier molecular flexibility index (Phi) is 7.03. The van der Waals surface area contributed by atoms with Crippen LogP contribution in [0.1, 0.15) is 72.1 Å². The van der Waals surface area contributed by atoms with Gasteiger partial charge in [0.15, 0.2) is 0 Å². The van der Waals surface area contributed by atoms with E-state index in [0.29, 0.717) is 16.5 Å². The lowest BCUT2D eigenvalue weighted by molar-refractivity contribution is 0.102. The molecule has 4 aromatic rings. The lowest BCUT2D eigenvalue weighted by atomic mass is 9.92. The Bertz CT molecular complexity index is 1590. The van der Waals surface area contributed by atoms with Crippen molar-refractivity contribution in [2.75, 3.05) is 12.4 Å². The lowest BCUT2D eigenvalue weighted by Gasteiger charge is -2.30. The van der Waals surface area contributed by atoms with Crippen LogP contribution in [0.15, 0.2) is 47.4 Å². The molecule has 1 saturated carbocycles. The smallest absolute Gasteiger partial charge is 0.256 e. The highest BCUT2D eigenvalue weighted by atomic mass is 32.2. The minimum absolute atomic E-state index is 0.0308. The first-order chi connectivity index (χ1) is 18.8. The normalized spacial score (nSPS) is 16.5. The van der Waals surface area contributed by atoms with Gasteiger partial charge in [-0.05, 0) is 93.0 Å². The minimum Gasteiger partial charge on any atom is -0.306 e. The van der Waals surface area contributed by atoms with Crippen LogP contribution < -0.4 is 5.32 Å². The molecule has 1 N–H and O–H groups in total. The molecule has 2 aromatic carbocycles. The second kappa shape index (κ2) is 10.5. The van der Waals surface area contributed by atoms with E-state index in [1.165, 1.54) is 40.4 Å². The molecule has 204 valence electrons. The molecule has 0 aliphatic heterocycles. The number of amides is 1. The SMILES string of the molecule is Cc1cc(NC(=O)c2ccc(S(=O)(=O)N(C)C3CCCCC3)cc2)n(-c2nc3cc4c(cc3s2)CCCC4)n1. The van der Waals surface area contributed by atoms with E-state index in [4.69, 9.17) is 4.98 Å². The standard InChI is InChI=1S/C29H33N5O3S2/c1-19-16-27(34(32-19)29-30-25-17-21-8-6-7-9-22(21)18-26(25)38-29)31-28(35)20-12-14-24(15-13-20)39(36,37)33(2)23-10-4-3-5-11-23/h12-18,23H,3-11H2,1-2H3,(H,31,35). The van der Waals surface area contributed by atoms with Crippen molar-refractivity contribution in [2.24, 2.45) is 0 Å². The summed E-state index contributed by atoms with van der Waals surface area (Å²) >= 11 is 1.56. The number of carbonyl (C=O) groups is 1. The van der Waals surface area contributed by atoms with Crippen LogP contribution in [0, 0.1) is 6.92 Å². The van der Waals surface area contributed by atoms with Crippen LogP contribution in [0.5, 0.6) is 0 Å². The van der Waals surface area contributed by atoms with Gasteiger partial charge < -0.3 is 5.32 Å². The maximum atomic E-state index is 13.2. The van der Waals surface area contributed by atoms with Crippen molar-refractivity contribution >= 4 is 43.3 Å². The van der Waals surface area contributed by atoms with Crippen LogP contribution in [0.3, 0.4) is 0 Å². The second-order valence-corrected chi connectivity index (χ2v) is 13.7. The first kappa shape index (κ1) is 26.2. The average molecular weight is 564 g/mol. The summed E-state index contributed by atoms with van der Waals surface area (Å²) in [7, 11) is -1.96. The highest BCUT2D eigenvalue weighted by molar-refractivity contribution is 7.89. The molecule has 6 rings (SSSR count). The Morgan fingerprint density at radius 2 is 1.69 bits per heavy atom. The topological polar surface area (TPSA) is 97.2 Å². The summed E-state index contributed by atoms with van der Waals surface area (Å²) in [5, 5.41) is 8.24. The average Bonchev–Trinajstić information content (AvgIpc) is 3.53. The second-order valence-electron chi connectivity index (χ2n) is 10.7. The van der Waals surface area contributed by atoms with Gasteiger partial charge >= 0.3 is 0 Å². The molecule has 8 nitrogen and oxygen atoms in total. The quantitative estimate of drug-likeness (QED) is 0.316. The van der Waals surface area contributed by atoms with Crippen molar-refractivity contribution in [3.63, 3.8) is 0 Å². The van der Waals surface area contributed by atoms with Crippen molar-refractivity contribution < 1.29 is 13.2 Å². The van der Waals surface area contributed by atoms with Crippen LogP contribution in [0.25, 0.3) is 15.3 Å². The van der Waals surface area contributed by atoms with Crippen LogP contribution in [-0.4, -0.2) is 46.5 Å². The van der Waals surface area contributed by atoms with Crippen molar-refractivity contribution in [3.05, 3.63) is 64.8 Å². The van der Waals surface area contributed by atoms with Gasteiger partial charge in [0.1, 0.15) is 5.82 Å². The Morgan fingerprint density at radius 3 is 2.41 bits per heavy atom. The van der Waals surface area contributed by atoms with Gasteiger partial charge in [-0.15, -0.1) is 0 Å². The Hall–Kier alpha value is -3.08. The lowest BCUT2D eigenvalue weighted by Crippen LogP contribution is -2.38. The summed E-state index contributed by atoms with van der Waals surface area (Å²) in [5.74, 6) is 0.187. The molecule has 0 unspecified atom stereocenters. The summed E-state index contributed by atoms with van der Waals surface area (Å²) in [6.07, 6.45) is 9.69. The molecule has 0 saturated heterocycles. The van der Waals surface area contributed by atoms with Gasteiger partial charge in [-0.1, -0.05) is 30.6 Å². The monoisotopic (exact) mass is 563 g/mol.